The van der Waals surface area contributed by atoms with Crippen LogP contribution in [0.2, 0.25) is 0 Å². The summed E-state index contributed by atoms with van der Waals surface area (Å²) in [4.78, 5) is 15.7. The fraction of sp³-hybridized carbons (Fsp3) is 0.423. The number of ether oxygens (including phenoxy) is 2. The van der Waals surface area contributed by atoms with E-state index in [0.29, 0.717) is 37.7 Å². The Kier molecular flexibility index (Phi) is 8.13. The highest BCUT2D eigenvalue weighted by molar-refractivity contribution is 6.47. The molecule has 10 heteroatoms. The van der Waals surface area contributed by atoms with E-state index in [-0.39, 0.29) is 12.1 Å². The summed E-state index contributed by atoms with van der Waals surface area (Å²) in [6, 6.07) is 9.79. The fourth-order valence-electron chi connectivity index (χ4n) is 4.43. The molecule has 1 aromatic carbocycles. The predicted molar refractivity (Wildman–Crippen MR) is 139 cm³/mol. The molecule has 0 radical (unpaired) electrons. The van der Waals surface area contributed by atoms with Crippen molar-refractivity contribution in [1.82, 2.24) is 19.4 Å². The summed E-state index contributed by atoms with van der Waals surface area (Å²) in [5, 5.41) is 13.2. The number of nitrogens with two attached hydrogens (primary N) is 1. The van der Waals surface area contributed by atoms with Gasteiger partial charge in [-0.1, -0.05) is 6.07 Å². The molecule has 188 valence electrons. The molecule has 1 aliphatic heterocycles. The summed E-state index contributed by atoms with van der Waals surface area (Å²) < 4.78 is 13.7. The van der Waals surface area contributed by atoms with Gasteiger partial charge in [0, 0.05) is 38.5 Å². The Hall–Kier alpha value is -3.97. The van der Waals surface area contributed by atoms with Gasteiger partial charge in [0.15, 0.2) is 6.19 Å². The summed E-state index contributed by atoms with van der Waals surface area (Å²) in [6.45, 7) is 6.49. The minimum absolute atomic E-state index is 0.128. The number of aromatic nitrogens is 3. The number of methoxy groups -OCH3 is 1. The first-order valence-electron chi connectivity index (χ1n) is 12.1. The van der Waals surface area contributed by atoms with E-state index in [2.05, 4.69) is 21.3 Å². The van der Waals surface area contributed by atoms with Crippen LogP contribution in [-0.4, -0.2) is 63.7 Å². The van der Waals surface area contributed by atoms with Crippen LogP contribution in [0.5, 0.6) is 5.75 Å². The summed E-state index contributed by atoms with van der Waals surface area (Å²) in [5.74, 6) is 6.53. The quantitative estimate of drug-likeness (QED) is 0.212. The molecule has 0 bridgehead atoms. The van der Waals surface area contributed by atoms with Crippen molar-refractivity contribution in [3.8, 4) is 11.9 Å². The van der Waals surface area contributed by atoms with Crippen LogP contribution in [-0.2, 0) is 11.3 Å². The zero-order valence-electron chi connectivity index (χ0n) is 21.0. The van der Waals surface area contributed by atoms with E-state index in [1.807, 2.05) is 48.7 Å². The van der Waals surface area contributed by atoms with Gasteiger partial charge in [-0.25, -0.2) is 4.98 Å². The van der Waals surface area contributed by atoms with E-state index in [1.54, 1.807) is 24.5 Å². The molecule has 1 fully saturated rings. The lowest BCUT2D eigenvalue weighted by atomic mass is 10.0. The summed E-state index contributed by atoms with van der Waals surface area (Å²) in [5.41, 5.74) is 4.57. The van der Waals surface area contributed by atoms with Crippen LogP contribution in [0.3, 0.4) is 0 Å². The first-order valence-corrected chi connectivity index (χ1v) is 12.1. The topological polar surface area (TPSA) is 127 Å². The Balaban J connectivity index is 1.69. The molecule has 2 N–H and O–H groups in total. The van der Waals surface area contributed by atoms with Gasteiger partial charge in [0.05, 0.1) is 35.9 Å². The third kappa shape index (κ3) is 5.63. The smallest absolute Gasteiger partial charge is 0.179 e. The maximum absolute atomic E-state index is 9.11. The molecule has 1 saturated heterocycles. The molecule has 0 spiro atoms. The number of hydrogen-bond donors (Lipinski definition) is 1. The van der Waals surface area contributed by atoms with Crippen LogP contribution in [0.1, 0.15) is 44.1 Å². The minimum Gasteiger partial charge on any atom is -0.482 e. The minimum atomic E-state index is -0.284. The highest BCUT2D eigenvalue weighted by Gasteiger charge is 2.21. The fourth-order valence-corrected chi connectivity index (χ4v) is 4.43. The van der Waals surface area contributed by atoms with Gasteiger partial charge in [-0.15, -0.1) is 0 Å². The SMILES string of the molecule is COCCn1cnc2cc(/C(=N/N)C(C)=NC3CCN(C#N)CC3)cc(OC(C)c3ccccn3)c21. The van der Waals surface area contributed by atoms with Gasteiger partial charge >= 0.3 is 0 Å². The maximum atomic E-state index is 9.11. The Morgan fingerprint density at radius 3 is 2.75 bits per heavy atom. The average molecular weight is 489 g/mol. The molecule has 3 heterocycles. The number of likely N-dealkylation sites (tertiary alicyclic amines) is 1. The first kappa shape index (κ1) is 25.1. The number of hydrogen-bond acceptors (Lipinski definition) is 9. The lowest BCUT2D eigenvalue weighted by Gasteiger charge is -2.26. The average Bonchev–Trinajstić information content (AvgIpc) is 3.32. The highest BCUT2D eigenvalue weighted by atomic mass is 16.5. The summed E-state index contributed by atoms with van der Waals surface area (Å²) in [7, 11) is 1.67. The second kappa shape index (κ2) is 11.6. The maximum Gasteiger partial charge on any atom is 0.179 e. The second-order valence-corrected chi connectivity index (χ2v) is 8.80. The van der Waals surface area contributed by atoms with Crippen molar-refractivity contribution in [3.05, 3.63) is 54.1 Å². The number of fused-ring (bicyclic) bond motifs is 1. The van der Waals surface area contributed by atoms with Crippen LogP contribution < -0.4 is 10.6 Å². The van der Waals surface area contributed by atoms with Crippen molar-refractivity contribution in [2.45, 2.75) is 45.4 Å². The number of aliphatic imine (C=N–C) groups is 1. The van der Waals surface area contributed by atoms with Crippen molar-refractivity contribution in [3.63, 3.8) is 0 Å². The molecule has 3 aromatic rings. The van der Waals surface area contributed by atoms with Gasteiger partial charge in [-0.3, -0.25) is 9.98 Å². The van der Waals surface area contributed by atoms with Crippen LogP contribution in [0.25, 0.3) is 11.0 Å². The molecular weight excluding hydrogens is 456 g/mol. The third-order valence-corrected chi connectivity index (χ3v) is 6.35. The van der Waals surface area contributed by atoms with E-state index in [0.717, 1.165) is 40.8 Å². The second-order valence-electron chi connectivity index (χ2n) is 8.80. The van der Waals surface area contributed by atoms with Gasteiger partial charge in [0.25, 0.3) is 0 Å². The summed E-state index contributed by atoms with van der Waals surface area (Å²) in [6.07, 6.45) is 7.11. The number of rotatable bonds is 9. The number of hydrazone groups is 1. The van der Waals surface area contributed by atoms with Crippen molar-refractivity contribution in [1.29, 1.82) is 5.26 Å². The lowest BCUT2D eigenvalue weighted by Crippen LogP contribution is -2.32. The number of nitrogens with zero attached hydrogens (tertiary/aromatic N) is 7. The lowest BCUT2D eigenvalue weighted by molar-refractivity contribution is 0.187. The Morgan fingerprint density at radius 2 is 2.08 bits per heavy atom. The van der Waals surface area contributed by atoms with Gasteiger partial charge < -0.3 is 24.8 Å². The van der Waals surface area contributed by atoms with Crippen molar-refractivity contribution >= 4 is 22.5 Å². The number of nitriles is 1. The monoisotopic (exact) mass is 488 g/mol. The van der Waals surface area contributed by atoms with E-state index >= 15 is 0 Å². The summed E-state index contributed by atoms with van der Waals surface area (Å²) >= 11 is 0. The third-order valence-electron chi connectivity index (χ3n) is 6.35. The molecule has 0 saturated carbocycles. The molecule has 4 rings (SSSR count). The molecule has 36 heavy (non-hydrogen) atoms. The zero-order valence-corrected chi connectivity index (χ0v) is 21.0. The van der Waals surface area contributed by atoms with E-state index in [9.17, 15) is 0 Å². The predicted octanol–water partition coefficient (Wildman–Crippen LogP) is 3.29. The van der Waals surface area contributed by atoms with Crippen molar-refractivity contribution < 1.29 is 9.47 Å². The van der Waals surface area contributed by atoms with E-state index in [4.69, 9.17) is 25.6 Å². The molecule has 10 nitrogen and oxygen atoms in total. The number of imidazole rings is 1. The van der Waals surface area contributed by atoms with Crippen LogP contribution in [0.4, 0.5) is 0 Å². The molecule has 2 aromatic heterocycles. The van der Waals surface area contributed by atoms with Gasteiger partial charge in [-0.2, -0.15) is 10.4 Å². The van der Waals surface area contributed by atoms with Crippen molar-refractivity contribution in [2.75, 3.05) is 26.8 Å². The van der Waals surface area contributed by atoms with Crippen LogP contribution in [0.15, 0.2) is 52.9 Å². The number of pyridine rings is 1. The zero-order chi connectivity index (χ0) is 25.5. The molecule has 1 atom stereocenters. The molecule has 1 unspecified atom stereocenters. The molecule has 1 aliphatic rings. The van der Waals surface area contributed by atoms with E-state index in [1.165, 1.54) is 0 Å². The van der Waals surface area contributed by atoms with Crippen molar-refractivity contribution in [2.24, 2.45) is 15.9 Å². The number of piperidine rings is 1. The highest BCUT2D eigenvalue weighted by Crippen LogP contribution is 2.31. The van der Waals surface area contributed by atoms with Crippen LogP contribution >= 0.6 is 0 Å². The molecule has 0 aliphatic carbocycles. The standard InChI is InChI=1S/C26H32N8O2/c1-18(31-21-7-10-33(16-27)11-8-21)25(32-28)20-14-23-26(34(17-30-23)12-13-35-3)24(15-20)36-19(2)22-6-4-5-9-29-22/h4-6,9,14-15,17,19,21H,7-8,10-13,28H2,1-3H3/b31-18?,32-25+. The Labute approximate surface area is 211 Å². The molecular formula is C26H32N8O2. The normalized spacial score (nSPS) is 16.2. The largest absolute Gasteiger partial charge is 0.482 e. The molecule has 0 amide bonds. The van der Waals surface area contributed by atoms with Gasteiger partial charge in [0.1, 0.15) is 23.1 Å². The first-order chi connectivity index (χ1) is 17.5. The van der Waals surface area contributed by atoms with E-state index < -0.39 is 0 Å². The number of benzene rings is 1. The van der Waals surface area contributed by atoms with Crippen LogP contribution in [0, 0.1) is 11.5 Å². The Morgan fingerprint density at radius 1 is 1.28 bits per heavy atom. The Bertz CT molecular complexity index is 1270. The van der Waals surface area contributed by atoms with Gasteiger partial charge in [0.2, 0.25) is 0 Å². The van der Waals surface area contributed by atoms with Gasteiger partial charge in [-0.05, 0) is 51.0 Å².